The molecule has 148 valence electrons. The van der Waals surface area contributed by atoms with Crippen LogP contribution in [0.5, 0.6) is 11.5 Å². The van der Waals surface area contributed by atoms with Gasteiger partial charge in [0.2, 0.25) is 5.75 Å². The van der Waals surface area contributed by atoms with Gasteiger partial charge >= 0.3 is 0 Å². The normalized spacial score (nSPS) is 12.3. The van der Waals surface area contributed by atoms with E-state index in [1.807, 2.05) is 6.07 Å². The van der Waals surface area contributed by atoms with Crippen LogP contribution in [0.25, 0.3) is 22.1 Å². The molecule has 0 aliphatic rings. The Morgan fingerprint density at radius 1 is 1.24 bits per heavy atom. The minimum Gasteiger partial charge on any atom is -0.508 e. The molecule has 3 N–H and O–H groups in total. The molecular formula is C21H15Cl2FN2O3. The molecule has 29 heavy (non-hydrogen) atoms. The zero-order valence-electron chi connectivity index (χ0n) is 15.1. The minimum absolute atomic E-state index is 0.102. The first-order valence-electron chi connectivity index (χ1n) is 8.62. The van der Waals surface area contributed by atoms with Crippen LogP contribution in [-0.4, -0.2) is 10.1 Å². The predicted octanol–water partition coefficient (Wildman–Crippen LogP) is 6.37. The maximum Gasteiger partial charge on any atom is 0.205 e. The van der Waals surface area contributed by atoms with Crippen molar-refractivity contribution in [3.05, 3.63) is 70.3 Å². The van der Waals surface area contributed by atoms with Gasteiger partial charge in [0.15, 0.2) is 11.4 Å². The van der Waals surface area contributed by atoms with Crippen molar-refractivity contribution >= 4 is 40.0 Å². The number of nitrogens with zero attached hydrogens (tertiary/aromatic N) is 1. The van der Waals surface area contributed by atoms with E-state index in [0.29, 0.717) is 22.1 Å². The van der Waals surface area contributed by atoms with Gasteiger partial charge in [0.05, 0.1) is 16.7 Å². The van der Waals surface area contributed by atoms with Crippen LogP contribution in [0, 0.1) is 5.82 Å². The van der Waals surface area contributed by atoms with E-state index in [4.69, 9.17) is 38.1 Å². The molecule has 0 amide bonds. The van der Waals surface area contributed by atoms with E-state index in [1.165, 1.54) is 18.4 Å². The number of phenolic OH excluding ortho intramolecular Hbond substituents is 1. The Morgan fingerprint density at radius 2 is 2.03 bits per heavy atom. The molecule has 2 heterocycles. The highest BCUT2D eigenvalue weighted by Gasteiger charge is 2.23. The van der Waals surface area contributed by atoms with Crippen LogP contribution < -0.4 is 10.5 Å². The zero-order chi connectivity index (χ0) is 20.7. The highest BCUT2D eigenvalue weighted by atomic mass is 35.5. The van der Waals surface area contributed by atoms with Gasteiger partial charge in [0, 0.05) is 22.3 Å². The molecule has 2 aromatic carbocycles. The van der Waals surface area contributed by atoms with Gasteiger partial charge in [-0.25, -0.2) is 9.37 Å². The first-order chi connectivity index (χ1) is 13.9. The molecule has 0 saturated carbocycles. The molecule has 4 aromatic rings. The number of anilines is 1. The molecule has 5 nitrogen and oxygen atoms in total. The summed E-state index contributed by atoms with van der Waals surface area (Å²) in [5.41, 5.74) is 8.13. The van der Waals surface area contributed by atoms with E-state index in [-0.39, 0.29) is 27.4 Å². The number of phenols is 1. The van der Waals surface area contributed by atoms with Crippen molar-refractivity contribution in [2.24, 2.45) is 0 Å². The quantitative estimate of drug-likeness (QED) is 0.366. The minimum atomic E-state index is -0.727. The number of ether oxygens (including phenoxy) is 1. The molecule has 0 saturated heterocycles. The van der Waals surface area contributed by atoms with Crippen LogP contribution >= 0.6 is 23.2 Å². The van der Waals surface area contributed by atoms with Crippen molar-refractivity contribution in [1.82, 2.24) is 4.98 Å². The van der Waals surface area contributed by atoms with Crippen molar-refractivity contribution in [3.8, 4) is 22.6 Å². The topological polar surface area (TPSA) is 81.5 Å². The van der Waals surface area contributed by atoms with Crippen molar-refractivity contribution in [2.45, 2.75) is 13.0 Å². The van der Waals surface area contributed by atoms with E-state index >= 15 is 0 Å². The monoisotopic (exact) mass is 432 g/mol. The highest BCUT2D eigenvalue weighted by Crippen LogP contribution is 2.41. The largest absolute Gasteiger partial charge is 0.508 e. The maximum absolute atomic E-state index is 13.9. The number of pyridine rings is 1. The smallest absolute Gasteiger partial charge is 0.205 e. The van der Waals surface area contributed by atoms with Crippen LogP contribution in [0.1, 0.15) is 18.6 Å². The summed E-state index contributed by atoms with van der Waals surface area (Å²) < 4.78 is 25.6. The lowest BCUT2D eigenvalue weighted by Gasteiger charge is -2.18. The predicted molar refractivity (Wildman–Crippen MR) is 111 cm³/mol. The van der Waals surface area contributed by atoms with E-state index in [2.05, 4.69) is 4.98 Å². The highest BCUT2D eigenvalue weighted by molar-refractivity contribution is 6.36. The molecular weight excluding hydrogens is 418 g/mol. The third-order valence-electron chi connectivity index (χ3n) is 4.54. The third kappa shape index (κ3) is 3.45. The van der Waals surface area contributed by atoms with E-state index < -0.39 is 11.9 Å². The van der Waals surface area contributed by atoms with Crippen LogP contribution in [0.15, 0.2) is 53.3 Å². The molecule has 8 heteroatoms. The molecule has 0 aliphatic heterocycles. The number of hydrogen-bond acceptors (Lipinski definition) is 5. The molecule has 0 unspecified atom stereocenters. The van der Waals surface area contributed by atoms with E-state index in [1.54, 1.807) is 31.3 Å². The molecule has 0 fully saturated rings. The molecule has 0 spiro atoms. The second-order valence-electron chi connectivity index (χ2n) is 6.43. The summed E-state index contributed by atoms with van der Waals surface area (Å²) in [5, 5.41) is 10.5. The zero-order valence-corrected chi connectivity index (χ0v) is 16.6. The van der Waals surface area contributed by atoms with Crippen molar-refractivity contribution in [3.63, 3.8) is 0 Å². The maximum atomic E-state index is 13.9. The van der Waals surface area contributed by atoms with Crippen LogP contribution in [0.2, 0.25) is 10.0 Å². The fourth-order valence-electron chi connectivity index (χ4n) is 3.14. The van der Waals surface area contributed by atoms with E-state index in [0.717, 1.165) is 5.56 Å². The number of aromatic hydroxyl groups is 1. The second kappa shape index (κ2) is 7.46. The fourth-order valence-corrected chi connectivity index (χ4v) is 3.82. The van der Waals surface area contributed by atoms with Gasteiger partial charge in [-0.3, -0.25) is 0 Å². The molecule has 0 aliphatic carbocycles. The van der Waals surface area contributed by atoms with Crippen LogP contribution in [0.4, 0.5) is 10.2 Å². The summed E-state index contributed by atoms with van der Waals surface area (Å²) in [5.74, 6) is -0.182. The van der Waals surface area contributed by atoms with Gasteiger partial charge in [-0.05, 0) is 36.8 Å². The number of aromatic nitrogens is 1. The standard InChI is InChI=1S/C21H15Cl2FN2O3/c1-10(17-15(22)5-6-16(24)18(17)23)29-20-19-13(8-26-21(20)25)14(9-28-19)11-3-2-4-12(27)7-11/h2-10,27H,1H3,(H2,25,26)/t10-/m1/s1. The first-order valence-corrected chi connectivity index (χ1v) is 9.37. The fraction of sp³-hybridized carbons (Fsp3) is 0.0952. The Hall–Kier alpha value is -2.96. The number of nitrogen functional groups attached to an aromatic ring is 1. The van der Waals surface area contributed by atoms with E-state index in [9.17, 15) is 9.50 Å². The number of fused-ring (bicyclic) bond motifs is 1. The third-order valence-corrected chi connectivity index (χ3v) is 5.25. The Kier molecular flexibility index (Phi) is 4.98. The SMILES string of the molecule is C[C@@H](Oc1c(N)ncc2c(-c3cccc(O)c3)coc12)c1c(Cl)ccc(F)c1Cl. The molecule has 1 atom stereocenters. The number of hydrogen-bond donors (Lipinski definition) is 2. The van der Waals surface area contributed by atoms with Crippen molar-refractivity contribution in [2.75, 3.05) is 5.73 Å². The second-order valence-corrected chi connectivity index (χ2v) is 7.22. The van der Waals surface area contributed by atoms with Crippen LogP contribution in [0.3, 0.4) is 0 Å². The van der Waals surface area contributed by atoms with Gasteiger partial charge in [0.25, 0.3) is 0 Å². The molecule has 0 radical (unpaired) electrons. The lowest BCUT2D eigenvalue weighted by molar-refractivity contribution is 0.227. The Labute approximate surface area is 175 Å². The van der Waals surface area contributed by atoms with Crippen molar-refractivity contribution in [1.29, 1.82) is 0 Å². The molecule has 0 bridgehead atoms. The number of nitrogens with two attached hydrogens (primary N) is 1. The van der Waals surface area contributed by atoms with Crippen molar-refractivity contribution < 1.29 is 18.7 Å². The number of benzene rings is 2. The van der Waals surface area contributed by atoms with Gasteiger partial charge in [-0.2, -0.15) is 0 Å². The number of rotatable bonds is 4. The summed E-state index contributed by atoms with van der Waals surface area (Å²) in [4.78, 5) is 4.19. The van der Waals surface area contributed by atoms with Gasteiger partial charge in [-0.15, -0.1) is 0 Å². The van der Waals surface area contributed by atoms with Gasteiger partial charge < -0.3 is 20.0 Å². The number of halogens is 3. The summed E-state index contributed by atoms with van der Waals surface area (Å²) in [6.07, 6.45) is 2.36. The average Bonchev–Trinajstić information content (AvgIpc) is 3.12. The summed E-state index contributed by atoms with van der Waals surface area (Å²) in [7, 11) is 0. The van der Waals surface area contributed by atoms with Crippen LogP contribution in [-0.2, 0) is 0 Å². The Bertz CT molecular complexity index is 1230. The lowest BCUT2D eigenvalue weighted by Crippen LogP contribution is -2.08. The lowest BCUT2D eigenvalue weighted by atomic mass is 10.1. The average molecular weight is 433 g/mol. The Balaban J connectivity index is 1.79. The summed E-state index contributed by atoms with van der Waals surface area (Å²) in [6, 6.07) is 9.33. The first kappa shape index (κ1) is 19.4. The van der Waals surface area contributed by atoms with Gasteiger partial charge in [0.1, 0.15) is 17.7 Å². The van der Waals surface area contributed by atoms with Gasteiger partial charge in [-0.1, -0.05) is 35.3 Å². The number of furan rings is 1. The Morgan fingerprint density at radius 3 is 2.79 bits per heavy atom. The molecule has 2 aromatic heterocycles. The summed E-state index contributed by atoms with van der Waals surface area (Å²) in [6.45, 7) is 1.67. The summed E-state index contributed by atoms with van der Waals surface area (Å²) >= 11 is 12.3. The molecule has 4 rings (SSSR count).